The van der Waals surface area contributed by atoms with E-state index >= 15 is 0 Å². The Morgan fingerprint density at radius 1 is 0.530 bits per heavy atom. The fourth-order valence-electron chi connectivity index (χ4n) is 8.12. The number of nitrogens with one attached hydrogen (secondary N) is 6. The number of H-pyrrole nitrogens is 1. The van der Waals surface area contributed by atoms with Crippen molar-refractivity contribution in [2.24, 2.45) is 29.0 Å². The first-order valence-corrected chi connectivity index (χ1v) is 23.0. The number of hydrogen-bond donors (Lipinski definition) is 9. The highest BCUT2D eigenvalue weighted by Crippen LogP contribution is 2.22. The number of nitrogens with two attached hydrogens (primary N) is 3. The summed E-state index contributed by atoms with van der Waals surface area (Å²) < 4.78 is 0. The van der Waals surface area contributed by atoms with Crippen molar-refractivity contribution in [3.63, 3.8) is 0 Å². The molecule has 1 aromatic heterocycles. The molecule has 15 heteroatoms. The van der Waals surface area contributed by atoms with E-state index in [2.05, 4.69) is 31.6 Å². The van der Waals surface area contributed by atoms with Gasteiger partial charge in [0.15, 0.2) is 0 Å². The molecule has 0 bridgehead atoms. The van der Waals surface area contributed by atoms with Gasteiger partial charge in [-0.15, -0.1) is 0 Å². The van der Waals surface area contributed by atoms with Crippen LogP contribution in [-0.4, -0.2) is 83.2 Å². The number of carbonyl (C=O) groups is 6. The van der Waals surface area contributed by atoms with E-state index in [1.165, 1.54) is 0 Å². The molecular weight excluding hydrogens is 835 g/mol. The van der Waals surface area contributed by atoms with E-state index in [0.29, 0.717) is 32.2 Å². The lowest BCUT2D eigenvalue weighted by molar-refractivity contribution is -0.135. The summed E-state index contributed by atoms with van der Waals surface area (Å²) in [6.45, 7) is 8.08. The first-order valence-electron chi connectivity index (χ1n) is 23.0. The number of para-hydroxylation sites is 1. The smallest absolute Gasteiger partial charge is 0.243 e. The zero-order valence-electron chi connectivity index (χ0n) is 38.5. The first kappa shape index (κ1) is 50.4. The van der Waals surface area contributed by atoms with E-state index in [1.807, 2.05) is 125 Å². The third kappa shape index (κ3) is 14.7. The zero-order valence-corrected chi connectivity index (χ0v) is 38.5. The van der Waals surface area contributed by atoms with Gasteiger partial charge in [-0.2, -0.15) is 0 Å². The molecule has 0 saturated heterocycles. The van der Waals surface area contributed by atoms with Gasteiger partial charge < -0.3 is 48.8 Å². The molecule has 4 aromatic carbocycles. The molecule has 6 atom stereocenters. The monoisotopic (exact) mass is 902 g/mol. The molecule has 352 valence electrons. The van der Waals surface area contributed by atoms with Gasteiger partial charge in [-0.1, -0.05) is 125 Å². The molecule has 12 N–H and O–H groups in total. The number of amides is 6. The number of fused-ring (bicyclic) bond motifs is 2. The summed E-state index contributed by atoms with van der Waals surface area (Å²) in [7, 11) is 0. The number of aromatic amines is 1. The normalized spacial score (nSPS) is 14.2. The number of carbonyl (C=O) groups excluding carboxylic acids is 6. The summed E-state index contributed by atoms with van der Waals surface area (Å²) >= 11 is 0. The molecule has 66 heavy (non-hydrogen) atoms. The van der Waals surface area contributed by atoms with Gasteiger partial charge in [0, 0.05) is 36.4 Å². The van der Waals surface area contributed by atoms with Crippen molar-refractivity contribution in [3.8, 4) is 0 Å². The molecule has 0 unspecified atom stereocenters. The van der Waals surface area contributed by atoms with Crippen molar-refractivity contribution in [2.45, 2.75) is 115 Å². The van der Waals surface area contributed by atoms with Gasteiger partial charge in [0.05, 0.1) is 6.04 Å². The predicted octanol–water partition coefficient (Wildman–Crippen LogP) is 3.81. The molecule has 0 aliphatic rings. The summed E-state index contributed by atoms with van der Waals surface area (Å²) in [4.78, 5) is 87.0. The maximum absolute atomic E-state index is 14.8. The fourth-order valence-corrected chi connectivity index (χ4v) is 8.12. The molecule has 5 aromatic rings. The van der Waals surface area contributed by atoms with Crippen LogP contribution in [0.2, 0.25) is 0 Å². The second-order valence-corrected chi connectivity index (χ2v) is 18.0. The Morgan fingerprint density at radius 3 is 1.67 bits per heavy atom. The van der Waals surface area contributed by atoms with E-state index in [9.17, 15) is 28.8 Å². The minimum absolute atomic E-state index is 0.0165. The van der Waals surface area contributed by atoms with Crippen molar-refractivity contribution in [1.29, 1.82) is 0 Å². The Bertz CT molecular complexity index is 2410. The van der Waals surface area contributed by atoms with Crippen molar-refractivity contribution in [3.05, 3.63) is 120 Å². The van der Waals surface area contributed by atoms with Gasteiger partial charge in [0.1, 0.15) is 30.2 Å². The van der Waals surface area contributed by atoms with Crippen LogP contribution < -0.4 is 43.8 Å². The largest absolute Gasteiger partial charge is 0.368 e. The Hall–Kier alpha value is -6.58. The average molecular weight is 902 g/mol. The zero-order chi connectivity index (χ0) is 47.8. The molecule has 0 radical (unpaired) electrons. The quantitative estimate of drug-likeness (QED) is 0.0389. The van der Waals surface area contributed by atoms with Crippen molar-refractivity contribution in [2.75, 3.05) is 6.54 Å². The summed E-state index contributed by atoms with van der Waals surface area (Å²) in [6, 6.07) is 23.6. The number of hydrogen-bond acceptors (Lipinski definition) is 8. The highest BCUT2D eigenvalue weighted by atomic mass is 16.2. The van der Waals surface area contributed by atoms with Crippen LogP contribution in [0.25, 0.3) is 21.7 Å². The summed E-state index contributed by atoms with van der Waals surface area (Å²) in [5, 5.41) is 17.0. The summed E-state index contributed by atoms with van der Waals surface area (Å²) in [5.41, 5.74) is 20.7. The Balaban J connectivity index is 1.47. The third-order valence-electron chi connectivity index (χ3n) is 11.6. The highest BCUT2D eigenvalue weighted by molar-refractivity contribution is 5.97. The highest BCUT2D eigenvalue weighted by Gasteiger charge is 2.34. The second kappa shape index (κ2) is 24.6. The predicted molar refractivity (Wildman–Crippen MR) is 258 cm³/mol. The SMILES string of the molecule is CC(C)C[C@H](NC(=O)[C@H](CC(C)C)NC(=O)[C@@H](Cc1c[nH]c2ccccc12)NC(=O)[C@H](Cc1ccccc1)NC(=O)[C@@H](Cc1cccc2ccccc12)NC(=O)[C@@H](N)CCCCN)C(N)=O. The Labute approximate surface area is 387 Å². The lowest BCUT2D eigenvalue weighted by atomic mass is 9.97. The molecule has 0 aliphatic heterocycles. The van der Waals surface area contributed by atoms with Crippen LogP contribution in [0.15, 0.2) is 103 Å². The van der Waals surface area contributed by atoms with Crippen LogP contribution in [0, 0.1) is 11.8 Å². The van der Waals surface area contributed by atoms with E-state index in [4.69, 9.17) is 17.2 Å². The van der Waals surface area contributed by atoms with Crippen molar-refractivity contribution < 1.29 is 28.8 Å². The lowest BCUT2D eigenvalue weighted by Crippen LogP contribution is -2.60. The lowest BCUT2D eigenvalue weighted by Gasteiger charge is -2.28. The average Bonchev–Trinajstić information content (AvgIpc) is 3.70. The number of unbranched alkanes of at least 4 members (excludes halogenated alkanes) is 1. The maximum atomic E-state index is 14.8. The van der Waals surface area contributed by atoms with Crippen LogP contribution in [0.5, 0.6) is 0 Å². The van der Waals surface area contributed by atoms with Crippen molar-refractivity contribution in [1.82, 2.24) is 31.6 Å². The molecule has 6 amide bonds. The van der Waals surface area contributed by atoms with Gasteiger partial charge in [0.2, 0.25) is 35.4 Å². The maximum Gasteiger partial charge on any atom is 0.243 e. The third-order valence-corrected chi connectivity index (χ3v) is 11.6. The minimum Gasteiger partial charge on any atom is -0.368 e. The number of primary amides is 1. The van der Waals surface area contributed by atoms with Crippen LogP contribution in [-0.2, 0) is 48.0 Å². The summed E-state index contributed by atoms with van der Waals surface area (Å²) in [5.74, 6) is -3.72. The molecular formula is C51H67N9O6. The van der Waals surface area contributed by atoms with Gasteiger partial charge in [-0.25, -0.2) is 0 Å². The molecule has 15 nitrogen and oxygen atoms in total. The number of benzene rings is 4. The van der Waals surface area contributed by atoms with Crippen LogP contribution in [0.3, 0.4) is 0 Å². The topological polar surface area (TPSA) is 256 Å². The first-order chi connectivity index (χ1) is 31.6. The van der Waals surface area contributed by atoms with E-state index in [1.54, 1.807) is 6.20 Å². The van der Waals surface area contributed by atoms with Crippen LogP contribution >= 0.6 is 0 Å². The van der Waals surface area contributed by atoms with Crippen LogP contribution in [0.1, 0.15) is 76.5 Å². The second-order valence-electron chi connectivity index (χ2n) is 18.0. The molecule has 0 saturated carbocycles. The molecule has 1 heterocycles. The standard InChI is InChI=1S/C51H67N9O6/c1-31(2)25-41(46(54)61)56-48(63)42(26-32(3)4)58-51(66)45(29-36-30-55-40-23-11-10-21-38(36)40)60-49(64)43(27-33-15-6-5-7-16-33)59-50(65)44(57-47(62)39(53)22-12-13-24-52)28-35-19-14-18-34-17-8-9-20-37(34)35/h5-11,14-21,23,30-32,39,41-45,55H,12-13,22,24-29,52-53H2,1-4H3,(H2,54,61)(H,56,63)(H,57,62)(H,58,66)(H,59,65)(H,60,64)/t39-,41-,42-,43-,44+,45+/m0/s1. The number of rotatable bonds is 25. The molecule has 5 rings (SSSR count). The van der Waals surface area contributed by atoms with Gasteiger partial charge in [-0.3, -0.25) is 28.8 Å². The number of aromatic nitrogens is 1. The minimum atomic E-state index is -1.24. The fraction of sp³-hybridized carbons (Fsp3) is 0.412. The van der Waals surface area contributed by atoms with Crippen LogP contribution in [0.4, 0.5) is 0 Å². The molecule has 0 fully saturated rings. The van der Waals surface area contributed by atoms with E-state index in [-0.39, 0.29) is 37.5 Å². The Kier molecular flexibility index (Phi) is 18.8. The van der Waals surface area contributed by atoms with Gasteiger partial charge in [-0.05, 0) is 77.6 Å². The summed E-state index contributed by atoms with van der Waals surface area (Å²) in [6.07, 6.45) is 4.14. The molecule has 0 aliphatic carbocycles. The van der Waals surface area contributed by atoms with Gasteiger partial charge in [0.25, 0.3) is 0 Å². The van der Waals surface area contributed by atoms with Gasteiger partial charge >= 0.3 is 0 Å². The van der Waals surface area contributed by atoms with E-state index < -0.39 is 71.7 Å². The van der Waals surface area contributed by atoms with E-state index in [0.717, 1.165) is 38.4 Å². The Morgan fingerprint density at radius 2 is 1.03 bits per heavy atom. The molecule has 0 spiro atoms. The van der Waals surface area contributed by atoms with Crippen molar-refractivity contribution >= 4 is 57.1 Å².